The van der Waals surface area contributed by atoms with Crippen LogP contribution >= 0.6 is 0 Å². The summed E-state index contributed by atoms with van der Waals surface area (Å²) in [6, 6.07) is 97.5. The van der Waals surface area contributed by atoms with Crippen LogP contribution in [0.5, 0.6) is 0 Å². The smallest absolute Gasteiger partial charge is 0.252 e. The summed E-state index contributed by atoms with van der Waals surface area (Å²) >= 11 is 0. The first-order valence-electron chi connectivity index (χ1n) is 30.3. The van der Waals surface area contributed by atoms with E-state index in [-0.39, 0.29) is 23.5 Å². The van der Waals surface area contributed by atoms with Gasteiger partial charge >= 0.3 is 0 Å². The number of anilines is 6. The average molecular weight is 1070 g/mol. The van der Waals surface area contributed by atoms with Crippen LogP contribution in [0.2, 0.25) is 0 Å². The minimum Gasteiger partial charge on any atom is -0.311 e. The molecule has 3 nitrogen and oxygen atoms in total. The van der Waals surface area contributed by atoms with Gasteiger partial charge in [-0.3, -0.25) is 0 Å². The van der Waals surface area contributed by atoms with Crippen LogP contribution in [0.3, 0.4) is 0 Å². The van der Waals surface area contributed by atoms with Gasteiger partial charge in [-0.05, 0) is 164 Å². The third kappa shape index (κ3) is 7.79. The van der Waals surface area contributed by atoms with Crippen molar-refractivity contribution in [2.24, 2.45) is 0 Å². The Balaban J connectivity index is 0.970. The number of rotatable bonds is 9. The summed E-state index contributed by atoms with van der Waals surface area (Å²) in [5.74, 6) is 0.625. The van der Waals surface area contributed by atoms with E-state index in [4.69, 9.17) is 0 Å². The van der Waals surface area contributed by atoms with Crippen LogP contribution in [0, 0.1) is 0 Å². The Bertz CT molecular complexity index is 4410. The molecule has 0 atom stereocenters. The molecular formula is C79H66BN3. The van der Waals surface area contributed by atoms with Gasteiger partial charge in [-0.25, -0.2) is 0 Å². The number of nitrogens with zero attached hydrogens (tertiary/aromatic N) is 3. The van der Waals surface area contributed by atoms with Crippen LogP contribution in [-0.4, -0.2) is 11.3 Å². The molecular weight excluding hydrogens is 1000 g/mol. The summed E-state index contributed by atoms with van der Waals surface area (Å²) in [5, 5.41) is 2.53. The monoisotopic (exact) mass is 1070 g/mol. The van der Waals surface area contributed by atoms with Crippen molar-refractivity contribution < 1.29 is 0 Å². The highest BCUT2D eigenvalue weighted by molar-refractivity contribution is 7.00. The summed E-state index contributed by atoms with van der Waals surface area (Å²) in [6.07, 6.45) is 6.22. The molecule has 4 aliphatic rings. The molecule has 0 radical (unpaired) electrons. The molecule has 1 fully saturated rings. The normalized spacial score (nSPS) is 14.8. The summed E-state index contributed by atoms with van der Waals surface area (Å²) in [5.41, 5.74) is 27.8. The van der Waals surface area contributed by atoms with Gasteiger partial charge < -0.3 is 14.4 Å². The highest BCUT2D eigenvalue weighted by Crippen LogP contribution is 2.51. The first-order chi connectivity index (χ1) is 40.7. The van der Waals surface area contributed by atoms with Gasteiger partial charge in [0.1, 0.15) is 0 Å². The predicted molar refractivity (Wildman–Crippen MR) is 351 cm³/mol. The number of hydrogen-bond donors (Lipinski definition) is 0. The van der Waals surface area contributed by atoms with Crippen molar-refractivity contribution in [1.82, 2.24) is 4.57 Å². The Hall–Kier alpha value is -9.12. The zero-order valence-electron chi connectivity index (χ0n) is 47.9. The van der Waals surface area contributed by atoms with Crippen LogP contribution in [0.1, 0.15) is 116 Å². The first kappa shape index (κ1) is 49.7. The fourth-order valence-corrected chi connectivity index (χ4v) is 15.4. The Morgan fingerprint density at radius 3 is 1.52 bits per heavy atom. The summed E-state index contributed by atoms with van der Waals surface area (Å²) in [6.45, 7) is 9.48. The molecule has 1 aromatic heterocycles. The van der Waals surface area contributed by atoms with E-state index in [2.05, 4.69) is 297 Å². The van der Waals surface area contributed by atoms with E-state index in [0.29, 0.717) is 5.92 Å². The highest BCUT2D eigenvalue weighted by atomic mass is 15.2. The van der Waals surface area contributed by atoms with Crippen molar-refractivity contribution >= 4 is 79.0 Å². The third-order valence-corrected chi connectivity index (χ3v) is 19.8. The zero-order chi connectivity index (χ0) is 55.6. The molecule has 400 valence electrons. The van der Waals surface area contributed by atoms with Gasteiger partial charge in [0.2, 0.25) is 0 Å². The molecule has 12 aromatic rings. The molecule has 2 aliphatic carbocycles. The molecule has 0 unspecified atom stereocenters. The Morgan fingerprint density at radius 2 is 0.892 bits per heavy atom. The van der Waals surface area contributed by atoms with Crippen molar-refractivity contribution in [3.8, 4) is 16.8 Å². The van der Waals surface area contributed by atoms with E-state index in [1.165, 1.54) is 166 Å². The largest absolute Gasteiger partial charge is 0.311 e. The maximum absolute atomic E-state index is 2.68. The van der Waals surface area contributed by atoms with E-state index in [0.717, 1.165) is 0 Å². The fraction of sp³-hybridized carbons (Fsp3) is 0.165. The molecule has 2 aliphatic heterocycles. The van der Waals surface area contributed by atoms with E-state index in [1.54, 1.807) is 0 Å². The number of fused-ring (bicyclic) bond motifs is 10. The third-order valence-electron chi connectivity index (χ3n) is 19.8. The highest BCUT2D eigenvalue weighted by Gasteiger charge is 2.45. The Kier molecular flexibility index (Phi) is 11.5. The Labute approximate surface area is 489 Å². The van der Waals surface area contributed by atoms with Crippen molar-refractivity contribution in [1.29, 1.82) is 0 Å². The van der Waals surface area contributed by atoms with Gasteiger partial charge in [-0.1, -0.05) is 229 Å². The first-order valence-corrected chi connectivity index (χ1v) is 30.3. The minimum atomic E-state index is -0.270. The standard InChI is InChI=1S/C79H66BN3/c1-78(2,55-25-10-6-11-26-55)57-29-22-30-60(49-57)83-73-50-58(79(3,4)56-27-12-7-13-28-56)41-45-68(73)80-69-51-61(82-70-37-20-18-33-64(70)65-34-19-21-38-71(65)82)44-46-72(69)81(74-47-54(48-75(83)77(74)80)52-23-8-5-9-24-52)59-42-39-53(40-43-59)76-66-35-16-14-31-62(66)63-32-15-17-36-67(63)76/h6-7,10-22,25-52,76H,5,8-9,23-24H2,1-4H3. The molecule has 0 amide bonds. The van der Waals surface area contributed by atoms with E-state index >= 15 is 0 Å². The Morgan fingerprint density at radius 1 is 0.361 bits per heavy atom. The molecule has 16 rings (SSSR count). The lowest BCUT2D eigenvalue weighted by molar-refractivity contribution is 0.444. The van der Waals surface area contributed by atoms with Gasteiger partial charge in [-0.2, -0.15) is 0 Å². The number of aromatic nitrogens is 1. The van der Waals surface area contributed by atoms with E-state index < -0.39 is 0 Å². The van der Waals surface area contributed by atoms with Gasteiger partial charge in [0.15, 0.2) is 0 Å². The quantitative estimate of drug-likeness (QED) is 0.134. The van der Waals surface area contributed by atoms with E-state index in [1.807, 2.05) is 0 Å². The molecule has 0 N–H and O–H groups in total. The maximum atomic E-state index is 2.68. The maximum Gasteiger partial charge on any atom is 0.252 e. The van der Waals surface area contributed by atoms with Crippen molar-refractivity contribution in [3.05, 3.63) is 299 Å². The molecule has 0 bridgehead atoms. The lowest BCUT2D eigenvalue weighted by atomic mass is 9.33. The van der Waals surface area contributed by atoms with E-state index in [9.17, 15) is 0 Å². The second kappa shape index (κ2) is 19.2. The molecule has 0 spiro atoms. The van der Waals surface area contributed by atoms with Crippen LogP contribution in [0.25, 0.3) is 38.6 Å². The molecule has 83 heavy (non-hydrogen) atoms. The summed E-state index contributed by atoms with van der Waals surface area (Å²) in [7, 11) is 0. The molecule has 0 saturated heterocycles. The average Bonchev–Trinajstić information content (AvgIpc) is 3.28. The van der Waals surface area contributed by atoms with Crippen molar-refractivity contribution in [2.75, 3.05) is 9.80 Å². The lowest BCUT2D eigenvalue weighted by Gasteiger charge is -2.45. The van der Waals surface area contributed by atoms with Crippen molar-refractivity contribution in [2.45, 2.75) is 82.5 Å². The summed E-state index contributed by atoms with van der Waals surface area (Å²) in [4.78, 5) is 5.34. The van der Waals surface area contributed by atoms with Crippen LogP contribution in [-0.2, 0) is 10.8 Å². The second-order valence-electron chi connectivity index (χ2n) is 25.0. The molecule has 1 saturated carbocycles. The fourth-order valence-electron chi connectivity index (χ4n) is 15.4. The number of benzene rings is 11. The molecule has 3 heterocycles. The van der Waals surface area contributed by atoms with Crippen molar-refractivity contribution in [3.63, 3.8) is 0 Å². The van der Waals surface area contributed by atoms with Crippen LogP contribution in [0.15, 0.2) is 255 Å². The van der Waals surface area contributed by atoms with Crippen LogP contribution in [0.4, 0.5) is 34.1 Å². The number of para-hydroxylation sites is 2. The van der Waals surface area contributed by atoms with Gasteiger partial charge in [0.05, 0.1) is 11.0 Å². The molecule has 11 aromatic carbocycles. The lowest BCUT2D eigenvalue weighted by Crippen LogP contribution is -2.61. The summed E-state index contributed by atoms with van der Waals surface area (Å²) < 4.78 is 2.51. The number of hydrogen-bond acceptors (Lipinski definition) is 2. The zero-order valence-corrected chi connectivity index (χ0v) is 47.9. The SMILES string of the molecule is CC(C)(c1ccccc1)c1cccc(N2c3cc(C(C)(C)c4ccccc4)ccc3B3c4cc(-n5c6ccccc6c6ccccc65)ccc4N(c4ccc(C5c6ccccc6-c6ccccc65)cc4)c4cc(C5CCCCC5)cc2c43)c1. The van der Waals surface area contributed by atoms with Gasteiger partial charge in [-0.15, -0.1) is 0 Å². The second-order valence-corrected chi connectivity index (χ2v) is 25.0. The minimum absolute atomic E-state index is 0.0745. The predicted octanol–water partition coefficient (Wildman–Crippen LogP) is 18.7. The van der Waals surface area contributed by atoms with Crippen LogP contribution < -0.4 is 26.2 Å². The van der Waals surface area contributed by atoms with Gasteiger partial charge in [0, 0.05) is 67.3 Å². The molecule has 4 heteroatoms. The van der Waals surface area contributed by atoms with Gasteiger partial charge in [0.25, 0.3) is 6.71 Å². The topological polar surface area (TPSA) is 11.4 Å².